The van der Waals surface area contributed by atoms with Crippen LogP contribution in [0.1, 0.15) is 12.7 Å². The van der Waals surface area contributed by atoms with Crippen LogP contribution in [0.2, 0.25) is 0 Å². The molecule has 2 aromatic rings. The summed E-state index contributed by atoms with van der Waals surface area (Å²) in [6, 6.07) is 7.11. The first kappa shape index (κ1) is 14.7. The van der Waals surface area contributed by atoms with E-state index >= 15 is 0 Å². The highest BCUT2D eigenvalue weighted by atomic mass is 32.2. The van der Waals surface area contributed by atoms with Gasteiger partial charge >= 0.3 is 0 Å². The number of nitrogens with one attached hydrogen (secondary N) is 1. The second-order valence-corrected chi connectivity index (χ2v) is 6.55. The third-order valence-electron chi connectivity index (χ3n) is 3.13. The molecule has 7 heteroatoms. The average Bonchev–Trinajstić information content (AvgIpc) is 2.44. The molecule has 1 aromatic heterocycles. The zero-order valence-electron chi connectivity index (χ0n) is 11.5. The first-order valence-electron chi connectivity index (χ1n) is 6.36. The van der Waals surface area contributed by atoms with Crippen LogP contribution in [0, 0.1) is 0 Å². The Morgan fingerprint density at radius 2 is 2.00 bits per heavy atom. The van der Waals surface area contributed by atoms with Gasteiger partial charge < -0.3 is 0 Å². The van der Waals surface area contributed by atoms with Gasteiger partial charge in [0.15, 0.2) is 0 Å². The summed E-state index contributed by atoms with van der Waals surface area (Å²) in [6.45, 7) is 1.81. The van der Waals surface area contributed by atoms with E-state index in [4.69, 9.17) is 0 Å². The highest BCUT2D eigenvalue weighted by Gasteiger charge is 2.09. The van der Waals surface area contributed by atoms with E-state index in [0.29, 0.717) is 23.1 Å². The van der Waals surface area contributed by atoms with E-state index in [2.05, 4.69) is 9.71 Å². The molecule has 0 atom stereocenters. The summed E-state index contributed by atoms with van der Waals surface area (Å²) in [7, 11) is -1.58. The van der Waals surface area contributed by atoms with Crippen molar-refractivity contribution in [1.82, 2.24) is 14.3 Å². The Balaban J connectivity index is 2.27. The highest BCUT2D eigenvalue weighted by molar-refractivity contribution is 7.89. The molecule has 0 saturated heterocycles. The molecule has 20 heavy (non-hydrogen) atoms. The SMILES string of the molecule is CCS(=O)(=O)NCCc1nc2ccccc2c(=O)n1C. The molecular formula is C13H17N3O3S. The van der Waals surface area contributed by atoms with Crippen LogP contribution in [0.5, 0.6) is 0 Å². The Hall–Kier alpha value is -1.73. The van der Waals surface area contributed by atoms with Gasteiger partial charge in [-0.05, 0) is 19.1 Å². The monoisotopic (exact) mass is 295 g/mol. The predicted octanol–water partition coefficient (Wildman–Crippen LogP) is 0.415. The molecule has 0 saturated carbocycles. The normalized spacial score (nSPS) is 11.9. The Labute approximate surface area is 117 Å². The fourth-order valence-corrected chi connectivity index (χ4v) is 2.53. The molecule has 0 spiro atoms. The van der Waals surface area contributed by atoms with Crippen molar-refractivity contribution in [3.63, 3.8) is 0 Å². The summed E-state index contributed by atoms with van der Waals surface area (Å²) in [5.41, 5.74) is 0.507. The third kappa shape index (κ3) is 3.05. The van der Waals surface area contributed by atoms with E-state index in [1.54, 1.807) is 32.2 Å². The lowest BCUT2D eigenvalue weighted by Crippen LogP contribution is -2.30. The van der Waals surface area contributed by atoms with Crippen LogP contribution in [0.15, 0.2) is 29.1 Å². The molecule has 1 aromatic carbocycles. The number of fused-ring (bicyclic) bond motifs is 1. The molecule has 1 N–H and O–H groups in total. The lowest BCUT2D eigenvalue weighted by atomic mass is 10.2. The Bertz CT molecular complexity index is 781. The summed E-state index contributed by atoms with van der Waals surface area (Å²) in [5, 5.41) is 0.563. The van der Waals surface area contributed by atoms with E-state index in [1.807, 2.05) is 6.07 Å². The Kier molecular flexibility index (Phi) is 4.20. The van der Waals surface area contributed by atoms with Gasteiger partial charge in [-0.15, -0.1) is 0 Å². The lowest BCUT2D eigenvalue weighted by Gasteiger charge is -2.09. The molecule has 6 nitrogen and oxygen atoms in total. The number of hydrogen-bond donors (Lipinski definition) is 1. The molecule has 0 fully saturated rings. The Morgan fingerprint density at radius 1 is 1.30 bits per heavy atom. The fourth-order valence-electron chi connectivity index (χ4n) is 1.91. The van der Waals surface area contributed by atoms with E-state index in [9.17, 15) is 13.2 Å². The van der Waals surface area contributed by atoms with Gasteiger partial charge in [-0.25, -0.2) is 18.1 Å². The van der Waals surface area contributed by atoms with Crippen molar-refractivity contribution in [3.05, 3.63) is 40.4 Å². The second-order valence-electron chi connectivity index (χ2n) is 4.46. The van der Waals surface area contributed by atoms with E-state index in [0.717, 1.165) is 0 Å². The third-order valence-corrected chi connectivity index (χ3v) is 4.53. The van der Waals surface area contributed by atoms with Crippen LogP contribution in [0.4, 0.5) is 0 Å². The topological polar surface area (TPSA) is 81.1 Å². The van der Waals surface area contributed by atoms with Gasteiger partial charge in [-0.3, -0.25) is 9.36 Å². The average molecular weight is 295 g/mol. The van der Waals surface area contributed by atoms with E-state index < -0.39 is 10.0 Å². The molecule has 1 heterocycles. The van der Waals surface area contributed by atoms with Crippen molar-refractivity contribution in [2.75, 3.05) is 12.3 Å². The molecular weight excluding hydrogens is 278 g/mol. The van der Waals surface area contributed by atoms with Crippen molar-refractivity contribution in [2.24, 2.45) is 7.05 Å². The summed E-state index contributed by atoms with van der Waals surface area (Å²) < 4.78 is 26.6. The van der Waals surface area contributed by atoms with Gasteiger partial charge in [-0.2, -0.15) is 0 Å². The number of para-hydroxylation sites is 1. The summed E-state index contributed by atoms with van der Waals surface area (Å²) in [4.78, 5) is 16.6. The van der Waals surface area contributed by atoms with Crippen LogP contribution in [-0.4, -0.2) is 30.3 Å². The maximum atomic E-state index is 12.1. The van der Waals surface area contributed by atoms with Crippen LogP contribution in [0.25, 0.3) is 10.9 Å². The molecule has 0 radical (unpaired) electrons. The minimum absolute atomic E-state index is 0.0388. The van der Waals surface area contributed by atoms with Gasteiger partial charge in [0, 0.05) is 20.0 Å². The van der Waals surface area contributed by atoms with Crippen LogP contribution < -0.4 is 10.3 Å². The fraction of sp³-hybridized carbons (Fsp3) is 0.385. The molecule has 0 amide bonds. The smallest absolute Gasteiger partial charge is 0.261 e. The molecule has 0 bridgehead atoms. The quantitative estimate of drug-likeness (QED) is 0.866. The molecule has 0 aliphatic rings. The zero-order valence-corrected chi connectivity index (χ0v) is 12.3. The largest absolute Gasteiger partial charge is 0.299 e. The Morgan fingerprint density at radius 3 is 2.70 bits per heavy atom. The van der Waals surface area contributed by atoms with Crippen molar-refractivity contribution in [3.8, 4) is 0 Å². The lowest BCUT2D eigenvalue weighted by molar-refractivity contribution is 0.580. The van der Waals surface area contributed by atoms with Crippen LogP contribution >= 0.6 is 0 Å². The molecule has 0 unspecified atom stereocenters. The minimum Gasteiger partial charge on any atom is -0.299 e. The van der Waals surface area contributed by atoms with Gasteiger partial charge in [-0.1, -0.05) is 12.1 Å². The summed E-state index contributed by atoms with van der Waals surface area (Å²) >= 11 is 0. The first-order chi connectivity index (χ1) is 9.44. The molecule has 2 rings (SSSR count). The van der Waals surface area contributed by atoms with Crippen molar-refractivity contribution < 1.29 is 8.42 Å². The predicted molar refractivity (Wildman–Crippen MR) is 78.2 cm³/mol. The zero-order chi connectivity index (χ0) is 14.8. The number of benzene rings is 1. The molecule has 0 aliphatic carbocycles. The van der Waals surface area contributed by atoms with E-state index in [1.165, 1.54) is 4.57 Å². The number of sulfonamides is 1. The van der Waals surface area contributed by atoms with Crippen molar-refractivity contribution >= 4 is 20.9 Å². The summed E-state index contributed by atoms with van der Waals surface area (Å²) in [6.07, 6.45) is 0.371. The van der Waals surface area contributed by atoms with Gasteiger partial charge in [0.05, 0.1) is 16.7 Å². The number of aromatic nitrogens is 2. The van der Waals surface area contributed by atoms with Gasteiger partial charge in [0.1, 0.15) is 5.82 Å². The highest BCUT2D eigenvalue weighted by Crippen LogP contribution is 2.07. The van der Waals surface area contributed by atoms with Crippen LogP contribution in [0.3, 0.4) is 0 Å². The molecule has 108 valence electrons. The number of nitrogens with zero attached hydrogens (tertiary/aromatic N) is 2. The van der Waals surface area contributed by atoms with Crippen molar-refractivity contribution in [1.29, 1.82) is 0 Å². The number of rotatable bonds is 5. The van der Waals surface area contributed by atoms with Crippen molar-refractivity contribution in [2.45, 2.75) is 13.3 Å². The van der Waals surface area contributed by atoms with Crippen LogP contribution in [-0.2, 0) is 23.5 Å². The van der Waals surface area contributed by atoms with Gasteiger partial charge in [0.25, 0.3) is 5.56 Å². The molecule has 0 aliphatic heterocycles. The summed E-state index contributed by atoms with van der Waals surface area (Å²) in [5.74, 6) is 0.601. The van der Waals surface area contributed by atoms with E-state index in [-0.39, 0.29) is 17.9 Å². The maximum Gasteiger partial charge on any atom is 0.261 e. The maximum absolute atomic E-state index is 12.1. The standard InChI is InChI=1S/C13H17N3O3S/c1-3-20(18,19)14-9-8-12-15-11-7-5-4-6-10(11)13(17)16(12)2/h4-7,14H,3,8-9H2,1-2H3. The minimum atomic E-state index is -3.22. The van der Waals surface area contributed by atoms with Gasteiger partial charge in [0.2, 0.25) is 10.0 Å². The first-order valence-corrected chi connectivity index (χ1v) is 8.02. The number of hydrogen-bond acceptors (Lipinski definition) is 4. The second kappa shape index (κ2) is 5.72.